The van der Waals surface area contributed by atoms with Gasteiger partial charge in [-0.1, -0.05) is 12.1 Å². The molecule has 28 heavy (non-hydrogen) atoms. The van der Waals surface area contributed by atoms with Crippen LogP contribution >= 0.6 is 0 Å². The van der Waals surface area contributed by atoms with Gasteiger partial charge in [-0.3, -0.25) is 9.78 Å². The Bertz CT molecular complexity index is 962. The smallest absolute Gasteiger partial charge is 0.274 e. The average Bonchev–Trinajstić information content (AvgIpc) is 2.71. The number of hydrogen-bond acceptors (Lipinski definition) is 4. The van der Waals surface area contributed by atoms with E-state index in [1.54, 1.807) is 19.2 Å². The van der Waals surface area contributed by atoms with Crippen molar-refractivity contribution in [2.24, 2.45) is 0 Å². The number of carbonyl (C=O) groups excluding carboxylic acids is 1. The zero-order valence-corrected chi connectivity index (χ0v) is 15.2. The van der Waals surface area contributed by atoms with Crippen LogP contribution in [0.2, 0.25) is 0 Å². The van der Waals surface area contributed by atoms with Crippen molar-refractivity contribution in [3.63, 3.8) is 0 Å². The topological polar surface area (TPSA) is 63.2 Å². The van der Waals surface area contributed by atoms with E-state index in [1.807, 2.05) is 24.3 Å². The van der Waals surface area contributed by atoms with Crippen LogP contribution in [0, 0.1) is 11.6 Å². The Kier molecular flexibility index (Phi) is 6.16. The first-order chi connectivity index (χ1) is 13.5. The zero-order chi connectivity index (χ0) is 19.9. The standard InChI is InChI=1S/C21H19F2N3O2/c1-28-17-5-2-14(3-6-17)8-10-24-16-9-11-25-20(13-16)21(27)26-19-7-4-15(22)12-18(19)23/h2-7,9,11-13H,8,10H2,1H3,(H,24,25)(H,26,27). The molecule has 2 N–H and O–H groups in total. The number of amides is 1. The van der Waals surface area contributed by atoms with E-state index < -0.39 is 17.5 Å². The first-order valence-corrected chi connectivity index (χ1v) is 8.64. The van der Waals surface area contributed by atoms with Crippen LogP contribution in [0.15, 0.2) is 60.8 Å². The van der Waals surface area contributed by atoms with Gasteiger partial charge in [0, 0.05) is 24.5 Å². The van der Waals surface area contributed by atoms with Crippen LogP contribution in [0.3, 0.4) is 0 Å². The molecule has 0 saturated heterocycles. The van der Waals surface area contributed by atoms with E-state index in [1.165, 1.54) is 12.3 Å². The van der Waals surface area contributed by atoms with Gasteiger partial charge < -0.3 is 15.4 Å². The molecule has 1 heterocycles. The molecule has 144 valence electrons. The number of hydrogen-bond donors (Lipinski definition) is 2. The van der Waals surface area contributed by atoms with E-state index in [9.17, 15) is 13.6 Å². The lowest BCUT2D eigenvalue weighted by atomic mass is 10.1. The van der Waals surface area contributed by atoms with Crippen LogP contribution < -0.4 is 15.4 Å². The van der Waals surface area contributed by atoms with E-state index in [4.69, 9.17) is 4.74 Å². The summed E-state index contributed by atoms with van der Waals surface area (Å²) in [4.78, 5) is 16.3. The molecule has 2 aromatic carbocycles. The van der Waals surface area contributed by atoms with Crippen molar-refractivity contribution in [2.45, 2.75) is 6.42 Å². The third-order valence-electron chi connectivity index (χ3n) is 4.07. The minimum absolute atomic E-state index is 0.105. The number of anilines is 2. The van der Waals surface area contributed by atoms with Crippen molar-refractivity contribution in [1.82, 2.24) is 4.98 Å². The molecule has 5 nitrogen and oxygen atoms in total. The van der Waals surface area contributed by atoms with Gasteiger partial charge in [0.05, 0.1) is 12.8 Å². The molecule has 0 aliphatic carbocycles. The molecular weight excluding hydrogens is 364 g/mol. The molecule has 0 atom stereocenters. The van der Waals surface area contributed by atoms with Gasteiger partial charge in [0.2, 0.25) is 0 Å². The summed E-state index contributed by atoms with van der Waals surface area (Å²) in [5, 5.41) is 5.62. The molecule has 0 fully saturated rings. The predicted octanol–water partition coefficient (Wildman–Crippen LogP) is 4.28. The molecule has 0 bridgehead atoms. The largest absolute Gasteiger partial charge is 0.497 e. The molecule has 0 spiro atoms. The molecule has 0 unspecified atom stereocenters. The number of pyridine rings is 1. The highest BCUT2D eigenvalue weighted by Gasteiger charge is 2.12. The number of nitrogens with zero attached hydrogens (tertiary/aromatic N) is 1. The molecule has 0 aliphatic heterocycles. The number of nitrogens with one attached hydrogen (secondary N) is 2. The lowest BCUT2D eigenvalue weighted by molar-refractivity contribution is 0.102. The minimum atomic E-state index is -0.845. The molecule has 0 saturated carbocycles. The lowest BCUT2D eigenvalue weighted by Gasteiger charge is -2.09. The molecule has 3 rings (SSSR count). The third-order valence-corrected chi connectivity index (χ3v) is 4.07. The van der Waals surface area contributed by atoms with Crippen molar-refractivity contribution in [2.75, 3.05) is 24.3 Å². The zero-order valence-electron chi connectivity index (χ0n) is 15.2. The van der Waals surface area contributed by atoms with Crippen LogP contribution in [-0.2, 0) is 6.42 Å². The van der Waals surface area contributed by atoms with Crippen LogP contribution in [0.25, 0.3) is 0 Å². The Morgan fingerprint density at radius 2 is 1.86 bits per heavy atom. The normalized spacial score (nSPS) is 10.4. The van der Waals surface area contributed by atoms with E-state index in [0.29, 0.717) is 18.3 Å². The molecule has 0 radical (unpaired) electrons. The Labute approximate surface area is 161 Å². The molecule has 1 amide bonds. The summed E-state index contributed by atoms with van der Waals surface area (Å²) in [7, 11) is 1.62. The van der Waals surface area contributed by atoms with Crippen LogP contribution in [0.1, 0.15) is 16.1 Å². The highest BCUT2D eigenvalue weighted by atomic mass is 19.1. The molecule has 7 heteroatoms. The Morgan fingerprint density at radius 3 is 2.57 bits per heavy atom. The number of methoxy groups -OCH3 is 1. The van der Waals surface area contributed by atoms with Crippen molar-refractivity contribution in [3.8, 4) is 5.75 Å². The van der Waals surface area contributed by atoms with Crippen LogP contribution in [0.5, 0.6) is 5.75 Å². The van der Waals surface area contributed by atoms with Gasteiger partial charge in [-0.15, -0.1) is 0 Å². The molecule has 1 aromatic heterocycles. The average molecular weight is 383 g/mol. The monoisotopic (exact) mass is 383 g/mol. The fraction of sp³-hybridized carbons (Fsp3) is 0.143. The van der Waals surface area contributed by atoms with Crippen molar-refractivity contribution in [1.29, 1.82) is 0 Å². The third kappa shape index (κ3) is 5.03. The van der Waals surface area contributed by atoms with Gasteiger partial charge in [-0.05, 0) is 48.4 Å². The van der Waals surface area contributed by atoms with Crippen molar-refractivity contribution in [3.05, 3.63) is 83.7 Å². The summed E-state index contributed by atoms with van der Waals surface area (Å²) >= 11 is 0. The van der Waals surface area contributed by atoms with Gasteiger partial charge >= 0.3 is 0 Å². The van der Waals surface area contributed by atoms with E-state index in [0.717, 1.165) is 23.8 Å². The molecule has 3 aromatic rings. The number of halogens is 2. The number of benzene rings is 2. The van der Waals surface area contributed by atoms with Gasteiger partial charge in [0.25, 0.3) is 5.91 Å². The Morgan fingerprint density at radius 1 is 1.07 bits per heavy atom. The summed E-state index contributed by atoms with van der Waals surface area (Å²) in [6, 6.07) is 14.0. The van der Waals surface area contributed by atoms with Crippen LogP contribution in [0.4, 0.5) is 20.2 Å². The fourth-order valence-corrected chi connectivity index (χ4v) is 2.59. The maximum atomic E-state index is 13.7. The fourth-order valence-electron chi connectivity index (χ4n) is 2.59. The summed E-state index contributed by atoms with van der Waals surface area (Å²) in [6.45, 7) is 0.657. The summed E-state index contributed by atoms with van der Waals surface area (Å²) in [5.74, 6) is -1.33. The summed E-state index contributed by atoms with van der Waals surface area (Å²) < 4.78 is 31.8. The second-order valence-electron chi connectivity index (χ2n) is 6.03. The van der Waals surface area contributed by atoms with Gasteiger partial charge in [-0.25, -0.2) is 8.78 Å². The number of aromatic nitrogens is 1. The van der Waals surface area contributed by atoms with Gasteiger partial charge in [-0.2, -0.15) is 0 Å². The maximum absolute atomic E-state index is 13.7. The van der Waals surface area contributed by atoms with E-state index in [2.05, 4.69) is 15.6 Å². The van der Waals surface area contributed by atoms with Crippen molar-refractivity contribution >= 4 is 17.3 Å². The van der Waals surface area contributed by atoms with Crippen LogP contribution in [-0.4, -0.2) is 24.5 Å². The summed E-state index contributed by atoms with van der Waals surface area (Å²) in [6.07, 6.45) is 2.28. The number of carbonyl (C=O) groups is 1. The quantitative estimate of drug-likeness (QED) is 0.639. The second-order valence-corrected chi connectivity index (χ2v) is 6.03. The number of ether oxygens (including phenoxy) is 1. The minimum Gasteiger partial charge on any atom is -0.497 e. The first kappa shape index (κ1) is 19.3. The SMILES string of the molecule is COc1ccc(CCNc2ccnc(C(=O)Nc3ccc(F)cc3F)c2)cc1. The highest BCUT2D eigenvalue weighted by Crippen LogP contribution is 2.17. The van der Waals surface area contributed by atoms with E-state index >= 15 is 0 Å². The predicted molar refractivity (Wildman–Crippen MR) is 104 cm³/mol. The number of rotatable bonds is 7. The lowest BCUT2D eigenvalue weighted by Crippen LogP contribution is -2.15. The Balaban J connectivity index is 1.58. The Hall–Kier alpha value is -3.48. The molecular formula is C21H19F2N3O2. The second kappa shape index (κ2) is 8.94. The highest BCUT2D eigenvalue weighted by molar-refractivity contribution is 6.03. The van der Waals surface area contributed by atoms with Gasteiger partial charge in [0.1, 0.15) is 23.1 Å². The molecule has 0 aliphatic rings. The van der Waals surface area contributed by atoms with E-state index in [-0.39, 0.29) is 11.4 Å². The maximum Gasteiger partial charge on any atom is 0.274 e. The first-order valence-electron chi connectivity index (χ1n) is 8.64. The van der Waals surface area contributed by atoms with Gasteiger partial charge in [0.15, 0.2) is 0 Å². The van der Waals surface area contributed by atoms with Crippen molar-refractivity contribution < 1.29 is 18.3 Å². The summed E-state index contributed by atoms with van der Waals surface area (Å²) in [5.41, 5.74) is 1.88.